The van der Waals surface area contributed by atoms with Crippen molar-refractivity contribution in [2.45, 2.75) is 6.92 Å². The Morgan fingerprint density at radius 2 is 1.46 bits per heavy atom. The van der Waals surface area contributed by atoms with E-state index in [1.54, 1.807) is 49.4 Å². The summed E-state index contributed by atoms with van der Waals surface area (Å²) in [7, 11) is 1.45. The predicted molar refractivity (Wildman–Crippen MR) is 99.2 cm³/mol. The number of carbonyl (C=O) groups excluding carboxylic acids is 1. The van der Waals surface area contributed by atoms with E-state index in [4.69, 9.17) is 4.74 Å². The SMILES string of the molecule is [CH2-]/C(=C\c1ccc(O)c(C)c1)C(=O)/C([CH2-])=C/c1ccc(O)c(OC)c1.[Y]. The number of hydrogen-bond donors (Lipinski definition) is 2. The number of benzene rings is 2. The van der Waals surface area contributed by atoms with Crippen LogP contribution in [-0.2, 0) is 37.5 Å². The molecule has 0 aromatic heterocycles. The van der Waals surface area contributed by atoms with Crippen molar-refractivity contribution in [1.82, 2.24) is 0 Å². The zero-order valence-electron chi connectivity index (χ0n) is 14.8. The van der Waals surface area contributed by atoms with E-state index in [0.717, 1.165) is 11.1 Å². The minimum absolute atomic E-state index is 0. The molecule has 0 saturated carbocycles. The molecule has 0 unspecified atom stereocenters. The number of rotatable bonds is 5. The van der Waals surface area contributed by atoms with Crippen LogP contribution in [0.4, 0.5) is 0 Å². The van der Waals surface area contributed by atoms with Gasteiger partial charge in [-0.3, -0.25) is 0 Å². The van der Waals surface area contributed by atoms with Gasteiger partial charge in [0.1, 0.15) is 5.75 Å². The van der Waals surface area contributed by atoms with E-state index in [1.165, 1.54) is 13.2 Å². The van der Waals surface area contributed by atoms with Crippen LogP contribution in [0.5, 0.6) is 17.2 Å². The molecule has 0 fully saturated rings. The van der Waals surface area contributed by atoms with Crippen molar-refractivity contribution >= 4 is 17.9 Å². The van der Waals surface area contributed by atoms with Crippen LogP contribution in [0.1, 0.15) is 16.7 Å². The van der Waals surface area contributed by atoms with Gasteiger partial charge in [-0.05, 0) is 30.7 Å². The van der Waals surface area contributed by atoms with E-state index in [2.05, 4.69) is 13.8 Å². The monoisotopic (exact) mass is 425 g/mol. The molecule has 2 aromatic rings. The Morgan fingerprint density at radius 3 is 1.96 bits per heavy atom. The number of hydrogen-bond acceptors (Lipinski definition) is 4. The molecule has 0 saturated heterocycles. The average Bonchev–Trinajstić information content (AvgIpc) is 2.59. The van der Waals surface area contributed by atoms with Crippen LogP contribution in [0.3, 0.4) is 0 Å². The summed E-state index contributed by atoms with van der Waals surface area (Å²) < 4.78 is 5.05. The topological polar surface area (TPSA) is 66.8 Å². The molecule has 4 nitrogen and oxygen atoms in total. The number of phenols is 2. The molecule has 0 aliphatic rings. The summed E-state index contributed by atoms with van der Waals surface area (Å²) >= 11 is 0. The average molecular weight is 425 g/mol. The number of methoxy groups -OCH3 is 1. The molecule has 2 aromatic carbocycles. The van der Waals surface area contributed by atoms with E-state index in [-0.39, 0.29) is 61.1 Å². The number of allylic oxidation sites excluding steroid dienone is 2. The molecular formula is C21H20O4Y-2. The van der Waals surface area contributed by atoms with Crippen molar-refractivity contribution in [2.24, 2.45) is 0 Å². The first-order valence-corrected chi connectivity index (χ1v) is 7.60. The summed E-state index contributed by atoms with van der Waals surface area (Å²) in [6.07, 6.45) is 3.25. The second-order valence-electron chi connectivity index (χ2n) is 5.65. The minimum atomic E-state index is -0.294. The summed E-state index contributed by atoms with van der Waals surface area (Å²) in [5.74, 6) is 0.252. The maximum absolute atomic E-state index is 12.4. The summed E-state index contributed by atoms with van der Waals surface area (Å²) in [5.41, 5.74) is 2.73. The molecular weight excluding hydrogens is 405 g/mol. The zero-order chi connectivity index (χ0) is 18.6. The molecule has 0 amide bonds. The predicted octanol–water partition coefficient (Wildman–Crippen LogP) is 4.12. The fourth-order valence-electron chi connectivity index (χ4n) is 2.29. The third-order valence-electron chi connectivity index (χ3n) is 3.69. The molecule has 5 heteroatoms. The quantitative estimate of drug-likeness (QED) is 0.559. The number of aromatic hydroxyl groups is 2. The molecule has 2 rings (SSSR count). The summed E-state index contributed by atoms with van der Waals surface area (Å²) in [6, 6.07) is 9.81. The van der Waals surface area contributed by atoms with E-state index >= 15 is 0 Å². The normalized spacial score (nSPS) is 11.6. The standard InChI is InChI=1S/C21H20O4.Y/c1-13-9-16(5-7-18(13)22)10-14(2)21(24)15(3)11-17-6-8-19(23)20(12-17)25-4;/h5-12,22-23H,2-3H2,1,4H3;/q-2;/b14-10+,15-11+;. The molecule has 0 atom stereocenters. The van der Waals surface area contributed by atoms with Gasteiger partial charge >= 0.3 is 0 Å². The number of Topliss-reactive ketones (excluding diaryl/α,β-unsaturated/α-hetero) is 1. The Balaban J connectivity index is 0.00000338. The van der Waals surface area contributed by atoms with Crippen LogP contribution in [0.25, 0.3) is 12.2 Å². The van der Waals surface area contributed by atoms with Crippen LogP contribution in [-0.4, -0.2) is 23.1 Å². The van der Waals surface area contributed by atoms with Gasteiger partial charge in [-0.1, -0.05) is 29.3 Å². The summed E-state index contributed by atoms with van der Waals surface area (Å²) in [4.78, 5) is 12.4. The van der Waals surface area contributed by atoms with Gasteiger partial charge in [0.2, 0.25) is 0 Å². The molecule has 0 aliphatic carbocycles. The number of aryl methyl sites for hydroxylation is 1. The smallest absolute Gasteiger partial charge is 0.160 e. The van der Waals surface area contributed by atoms with E-state index in [1.807, 2.05) is 0 Å². The number of ketones is 1. The molecule has 26 heavy (non-hydrogen) atoms. The molecule has 2 N–H and O–H groups in total. The van der Waals surface area contributed by atoms with E-state index in [9.17, 15) is 15.0 Å². The molecule has 0 spiro atoms. The van der Waals surface area contributed by atoms with Crippen molar-refractivity contribution in [2.75, 3.05) is 7.11 Å². The van der Waals surface area contributed by atoms with Crippen molar-refractivity contribution < 1.29 is 52.5 Å². The third kappa shape index (κ3) is 5.42. The first kappa shape index (κ1) is 21.9. The Labute approximate surface area is 179 Å². The maximum Gasteiger partial charge on any atom is 0.160 e. The first-order valence-electron chi connectivity index (χ1n) is 7.60. The van der Waals surface area contributed by atoms with Gasteiger partial charge in [0.05, 0.1) is 12.9 Å². The second-order valence-corrected chi connectivity index (χ2v) is 5.65. The van der Waals surface area contributed by atoms with E-state index in [0.29, 0.717) is 11.3 Å². The zero-order valence-corrected chi connectivity index (χ0v) is 17.7. The number of phenolic OH excluding ortho intramolecular Hbond substituents is 2. The molecule has 133 valence electrons. The van der Waals surface area contributed by atoms with Gasteiger partial charge in [-0.2, -0.15) is 26.0 Å². The van der Waals surface area contributed by atoms with Crippen molar-refractivity contribution in [3.63, 3.8) is 0 Å². The minimum Gasteiger partial charge on any atom is -0.508 e. The third-order valence-corrected chi connectivity index (χ3v) is 3.69. The maximum atomic E-state index is 12.4. The fraction of sp³-hybridized carbons (Fsp3) is 0.0952. The Kier molecular flexibility index (Phi) is 8.00. The van der Waals surface area contributed by atoms with Crippen LogP contribution in [0.15, 0.2) is 47.5 Å². The van der Waals surface area contributed by atoms with Gasteiger partial charge in [-0.15, -0.1) is 11.1 Å². The van der Waals surface area contributed by atoms with Crippen LogP contribution in [0, 0.1) is 20.8 Å². The Bertz CT molecular complexity index is 866. The number of ether oxygens (including phenoxy) is 1. The van der Waals surface area contributed by atoms with Gasteiger partial charge in [-0.25, -0.2) is 0 Å². The largest absolute Gasteiger partial charge is 0.508 e. The van der Waals surface area contributed by atoms with Crippen LogP contribution >= 0.6 is 0 Å². The summed E-state index contributed by atoms with van der Waals surface area (Å²) in [5, 5.41) is 19.2. The van der Waals surface area contributed by atoms with Crippen molar-refractivity contribution in [3.05, 3.63) is 78.1 Å². The first-order chi connectivity index (χ1) is 11.8. The Morgan fingerprint density at radius 1 is 0.962 bits per heavy atom. The Hall–Kier alpha value is -2.17. The van der Waals surface area contributed by atoms with E-state index < -0.39 is 0 Å². The van der Waals surface area contributed by atoms with Gasteiger partial charge in [0.25, 0.3) is 0 Å². The van der Waals surface area contributed by atoms with Crippen molar-refractivity contribution in [1.29, 1.82) is 0 Å². The van der Waals surface area contributed by atoms with Gasteiger partial charge in [0, 0.05) is 32.7 Å². The van der Waals surface area contributed by atoms with Crippen LogP contribution < -0.4 is 4.74 Å². The second kappa shape index (κ2) is 9.51. The van der Waals surface area contributed by atoms with Crippen molar-refractivity contribution in [3.8, 4) is 17.2 Å². The van der Waals surface area contributed by atoms with Gasteiger partial charge < -0.3 is 19.7 Å². The molecule has 0 heterocycles. The van der Waals surface area contributed by atoms with Gasteiger partial charge in [0.15, 0.2) is 11.5 Å². The number of carbonyl (C=O) groups is 1. The fourth-order valence-corrected chi connectivity index (χ4v) is 2.29. The van der Waals surface area contributed by atoms with Crippen LogP contribution in [0.2, 0.25) is 0 Å². The molecule has 1 radical (unpaired) electrons. The molecule has 0 bridgehead atoms. The summed E-state index contributed by atoms with van der Waals surface area (Å²) in [6.45, 7) is 9.37. The molecule has 0 aliphatic heterocycles.